The molecule has 0 atom stereocenters. The van der Waals surface area contributed by atoms with Gasteiger partial charge in [0, 0.05) is 0 Å². The molecule has 1 aliphatic rings. The maximum absolute atomic E-state index is 4.67. The summed E-state index contributed by atoms with van der Waals surface area (Å²) in [5.41, 5.74) is -1.28. The first-order chi connectivity index (χ1) is 14.1. The molecule has 0 amide bonds. The number of benzene rings is 2. The monoisotopic (exact) mass is 476 g/mol. The molecule has 2 nitrogen and oxygen atoms in total. The van der Waals surface area contributed by atoms with E-state index in [1.807, 2.05) is 0 Å². The molecule has 0 bridgehead atoms. The van der Waals surface area contributed by atoms with Gasteiger partial charge in [0.2, 0.25) is 0 Å². The van der Waals surface area contributed by atoms with Gasteiger partial charge in [-0.3, -0.25) is 0 Å². The molecule has 0 spiro atoms. The summed E-state index contributed by atoms with van der Waals surface area (Å²) in [6, 6.07) is 22.6. The van der Waals surface area contributed by atoms with Gasteiger partial charge in [0.05, 0.1) is 0 Å². The van der Waals surface area contributed by atoms with Crippen LogP contribution < -0.4 is 5.30 Å². The fourth-order valence-corrected chi connectivity index (χ4v) is 13.6. The predicted octanol–water partition coefficient (Wildman–Crippen LogP) is 7.20. The zero-order valence-electron chi connectivity index (χ0n) is 18.3. The number of rotatable bonds is 11. The van der Waals surface area contributed by atoms with Crippen LogP contribution in [0, 0.1) is 0 Å². The fraction of sp³-hybridized carbons (Fsp3) is 0.520. The van der Waals surface area contributed by atoms with Crippen LogP contribution in [0.15, 0.2) is 60.7 Å². The molecule has 1 fully saturated rings. The Morgan fingerprint density at radius 1 is 0.828 bits per heavy atom. The number of nitrogens with zero attached hydrogens (tertiary/aromatic N) is 2. The summed E-state index contributed by atoms with van der Waals surface area (Å²) in [6.07, 6.45) is 8.67. The standard InChI is InChI=1S/C25H38BrN2P/c1-3-5-19-27(20-6-4-2)29(26,28-21-13-14-22-28,25-17-11-8-12-18-25)23-24-15-9-7-10-16-24/h7-12,15-18H,3-6,13-14,19-23H2,1-2H3. The predicted molar refractivity (Wildman–Crippen MR) is 134 cm³/mol. The third kappa shape index (κ3) is 4.79. The van der Waals surface area contributed by atoms with Crippen LogP contribution in [0.5, 0.6) is 0 Å². The minimum atomic E-state index is -2.72. The van der Waals surface area contributed by atoms with Crippen LogP contribution in [0.25, 0.3) is 0 Å². The molecule has 2 aromatic carbocycles. The second-order valence-electron chi connectivity index (χ2n) is 8.39. The molecule has 4 heteroatoms. The van der Waals surface area contributed by atoms with Crippen LogP contribution in [0.3, 0.4) is 0 Å². The SMILES string of the molecule is CCCCN(CCCC)P(Br)(Cc1ccccc1)(c1ccccc1)N1CCCC1. The molecular formula is C25H38BrN2P. The molecule has 0 aromatic heterocycles. The molecule has 0 N–H and O–H groups in total. The Hall–Kier alpha value is -0.730. The molecule has 160 valence electrons. The van der Waals surface area contributed by atoms with Crippen molar-refractivity contribution in [3.05, 3.63) is 66.2 Å². The molecule has 0 saturated carbocycles. The second-order valence-corrected chi connectivity index (χ2v) is 17.0. The van der Waals surface area contributed by atoms with Crippen molar-refractivity contribution < 1.29 is 0 Å². The minimum absolute atomic E-state index is 1.07. The van der Waals surface area contributed by atoms with Crippen LogP contribution in [-0.2, 0) is 6.16 Å². The van der Waals surface area contributed by atoms with Crippen LogP contribution >= 0.6 is 21.1 Å². The van der Waals surface area contributed by atoms with Crippen molar-refractivity contribution in [1.29, 1.82) is 0 Å². The molecule has 0 aliphatic carbocycles. The number of halogens is 1. The van der Waals surface area contributed by atoms with Crippen molar-refractivity contribution in [3.63, 3.8) is 0 Å². The van der Waals surface area contributed by atoms with Gasteiger partial charge in [0.25, 0.3) is 0 Å². The van der Waals surface area contributed by atoms with Gasteiger partial charge in [-0.25, -0.2) is 0 Å². The quantitative estimate of drug-likeness (QED) is 0.316. The van der Waals surface area contributed by atoms with Crippen molar-refractivity contribution in [2.45, 2.75) is 58.5 Å². The van der Waals surface area contributed by atoms with Gasteiger partial charge < -0.3 is 0 Å². The van der Waals surface area contributed by atoms with E-state index < -0.39 is 5.61 Å². The number of unbranched alkanes of at least 4 members (excludes halogenated alkanes) is 2. The summed E-state index contributed by atoms with van der Waals surface area (Å²) in [7, 11) is 0. The summed E-state index contributed by atoms with van der Waals surface area (Å²) < 4.78 is 5.76. The van der Waals surface area contributed by atoms with Gasteiger partial charge in [-0.1, -0.05) is 0 Å². The van der Waals surface area contributed by atoms with Gasteiger partial charge in [0.15, 0.2) is 0 Å². The van der Waals surface area contributed by atoms with E-state index in [1.165, 1.54) is 62.5 Å². The normalized spacial score (nSPS) is 16.8. The first-order valence-corrected chi connectivity index (χ1v) is 15.8. The third-order valence-electron chi connectivity index (χ3n) is 6.34. The molecule has 0 radical (unpaired) electrons. The number of hydrogen-bond donors (Lipinski definition) is 0. The molecule has 3 rings (SSSR count). The average Bonchev–Trinajstić information content (AvgIpc) is 3.31. The Morgan fingerprint density at radius 2 is 1.34 bits per heavy atom. The van der Waals surface area contributed by atoms with Gasteiger partial charge in [-0.2, -0.15) is 0 Å². The van der Waals surface area contributed by atoms with E-state index in [2.05, 4.69) is 99.3 Å². The van der Waals surface area contributed by atoms with Gasteiger partial charge >= 0.3 is 187 Å². The molecule has 1 heterocycles. The van der Waals surface area contributed by atoms with Crippen molar-refractivity contribution in [1.82, 2.24) is 9.34 Å². The zero-order valence-corrected chi connectivity index (χ0v) is 20.8. The van der Waals surface area contributed by atoms with Gasteiger partial charge in [0.1, 0.15) is 0 Å². The van der Waals surface area contributed by atoms with E-state index >= 15 is 0 Å². The third-order valence-corrected chi connectivity index (χ3v) is 16.4. The van der Waals surface area contributed by atoms with Crippen molar-refractivity contribution in [2.24, 2.45) is 0 Å². The summed E-state index contributed by atoms with van der Waals surface area (Å²) in [4.78, 5) is 0. The van der Waals surface area contributed by atoms with E-state index in [4.69, 9.17) is 0 Å². The van der Waals surface area contributed by atoms with Crippen LogP contribution in [0.4, 0.5) is 0 Å². The molecular weight excluding hydrogens is 439 g/mol. The molecule has 1 aliphatic heterocycles. The van der Waals surface area contributed by atoms with E-state index in [0.717, 1.165) is 19.3 Å². The van der Waals surface area contributed by atoms with E-state index in [9.17, 15) is 0 Å². The van der Waals surface area contributed by atoms with Crippen LogP contribution in [0.2, 0.25) is 0 Å². The van der Waals surface area contributed by atoms with Crippen LogP contribution in [0.1, 0.15) is 57.9 Å². The Morgan fingerprint density at radius 3 is 1.86 bits per heavy atom. The molecule has 1 saturated heterocycles. The Bertz CT molecular complexity index is 727. The summed E-state index contributed by atoms with van der Waals surface area (Å²) in [5.74, 6) is 0. The van der Waals surface area contributed by atoms with Crippen molar-refractivity contribution in [3.8, 4) is 0 Å². The fourth-order valence-electron chi connectivity index (χ4n) is 4.73. The number of hydrogen-bond acceptors (Lipinski definition) is 2. The second kappa shape index (κ2) is 10.5. The first-order valence-electron chi connectivity index (χ1n) is 11.5. The Kier molecular flexibility index (Phi) is 8.33. The molecule has 0 unspecified atom stereocenters. The first kappa shape index (κ1) is 22.9. The summed E-state index contributed by atoms with van der Waals surface area (Å²) >= 11 is 4.67. The maximum atomic E-state index is 4.67. The van der Waals surface area contributed by atoms with Crippen LogP contribution in [-0.4, -0.2) is 35.5 Å². The Balaban J connectivity index is 2.19. The van der Waals surface area contributed by atoms with Crippen molar-refractivity contribution >= 4 is 26.4 Å². The molecule has 2 aromatic rings. The summed E-state index contributed by atoms with van der Waals surface area (Å²) in [6.45, 7) is 9.35. The molecule has 29 heavy (non-hydrogen) atoms. The average molecular weight is 477 g/mol. The zero-order chi connectivity index (χ0) is 20.6. The topological polar surface area (TPSA) is 6.48 Å². The van der Waals surface area contributed by atoms with Crippen molar-refractivity contribution in [2.75, 3.05) is 26.2 Å². The van der Waals surface area contributed by atoms with Gasteiger partial charge in [-0.05, 0) is 0 Å². The Labute approximate surface area is 186 Å². The van der Waals surface area contributed by atoms with E-state index in [-0.39, 0.29) is 0 Å². The van der Waals surface area contributed by atoms with E-state index in [0.29, 0.717) is 0 Å². The van der Waals surface area contributed by atoms with E-state index in [1.54, 1.807) is 0 Å². The summed E-state index contributed by atoms with van der Waals surface area (Å²) in [5, 5.41) is 1.50. The van der Waals surface area contributed by atoms with Gasteiger partial charge in [-0.15, -0.1) is 0 Å².